The summed E-state index contributed by atoms with van der Waals surface area (Å²) >= 11 is 1.54. The number of rotatable bonds is 5. The molecular formula is C24H29N4OS+. The Balaban J connectivity index is 1.41. The number of anilines is 3. The summed E-state index contributed by atoms with van der Waals surface area (Å²) in [6.07, 6.45) is 0. The second-order valence-corrected chi connectivity index (χ2v) is 8.85. The van der Waals surface area contributed by atoms with Crippen molar-refractivity contribution in [1.82, 2.24) is 4.98 Å². The number of thiazole rings is 1. The first kappa shape index (κ1) is 20.6. The Bertz CT molecular complexity index is 1020. The van der Waals surface area contributed by atoms with E-state index in [0.717, 1.165) is 54.8 Å². The fourth-order valence-electron chi connectivity index (χ4n) is 4.09. The van der Waals surface area contributed by atoms with Gasteiger partial charge in [0.15, 0.2) is 5.13 Å². The number of quaternary nitrogens is 1. The Morgan fingerprint density at radius 2 is 1.90 bits per heavy atom. The quantitative estimate of drug-likeness (QED) is 0.687. The van der Waals surface area contributed by atoms with Crippen molar-refractivity contribution in [2.45, 2.75) is 27.3 Å². The van der Waals surface area contributed by atoms with Gasteiger partial charge in [0.05, 0.1) is 31.9 Å². The maximum Gasteiger partial charge on any atom is 0.230 e. The largest absolute Gasteiger partial charge is 0.360 e. The molecule has 1 amide bonds. The average molecular weight is 422 g/mol. The van der Waals surface area contributed by atoms with Crippen molar-refractivity contribution in [1.29, 1.82) is 0 Å². The van der Waals surface area contributed by atoms with Crippen LogP contribution in [0.5, 0.6) is 0 Å². The minimum absolute atomic E-state index is 0.0132. The minimum Gasteiger partial charge on any atom is -0.360 e. The highest BCUT2D eigenvalue weighted by atomic mass is 32.1. The molecule has 0 aliphatic carbocycles. The Labute approximate surface area is 182 Å². The molecule has 4 rings (SSSR count). The highest BCUT2D eigenvalue weighted by Gasteiger charge is 2.23. The van der Waals surface area contributed by atoms with Crippen molar-refractivity contribution in [2.75, 3.05) is 36.0 Å². The number of nitrogens with one attached hydrogen (secondary N) is 1. The Kier molecular flexibility index (Phi) is 6.16. The van der Waals surface area contributed by atoms with E-state index in [2.05, 4.69) is 41.5 Å². The van der Waals surface area contributed by atoms with Crippen LogP contribution in [0.25, 0.3) is 0 Å². The molecule has 0 radical (unpaired) electrons. The van der Waals surface area contributed by atoms with Crippen LogP contribution in [0.2, 0.25) is 0 Å². The monoisotopic (exact) mass is 421 g/mol. The third-order valence-electron chi connectivity index (χ3n) is 5.66. The minimum atomic E-state index is -0.0132. The highest BCUT2D eigenvalue weighted by molar-refractivity contribution is 7.14. The van der Waals surface area contributed by atoms with E-state index in [1.54, 1.807) is 28.1 Å². The summed E-state index contributed by atoms with van der Waals surface area (Å²) in [5.74, 6) is -0.0132. The summed E-state index contributed by atoms with van der Waals surface area (Å²) in [5.41, 5.74) is 5.76. The third-order valence-corrected chi connectivity index (χ3v) is 6.54. The Morgan fingerprint density at radius 3 is 2.60 bits per heavy atom. The summed E-state index contributed by atoms with van der Waals surface area (Å²) in [7, 11) is 0. The van der Waals surface area contributed by atoms with E-state index in [1.807, 2.05) is 31.2 Å². The van der Waals surface area contributed by atoms with Gasteiger partial charge in [-0.25, -0.2) is 4.98 Å². The van der Waals surface area contributed by atoms with Crippen LogP contribution < -0.4 is 14.7 Å². The predicted octanol–water partition coefficient (Wildman–Crippen LogP) is 3.35. The van der Waals surface area contributed by atoms with Gasteiger partial charge in [0.1, 0.15) is 12.2 Å². The first-order chi connectivity index (χ1) is 14.5. The molecule has 2 heterocycles. The number of carbonyl (C=O) groups is 1. The van der Waals surface area contributed by atoms with Gasteiger partial charge in [0, 0.05) is 18.0 Å². The zero-order chi connectivity index (χ0) is 21.1. The highest BCUT2D eigenvalue weighted by Crippen LogP contribution is 2.29. The Morgan fingerprint density at radius 1 is 1.13 bits per heavy atom. The van der Waals surface area contributed by atoms with Crippen LogP contribution in [-0.2, 0) is 11.3 Å². The smallest absolute Gasteiger partial charge is 0.230 e. The number of aromatic nitrogens is 1. The van der Waals surface area contributed by atoms with Gasteiger partial charge in [0.25, 0.3) is 0 Å². The van der Waals surface area contributed by atoms with Crippen LogP contribution in [0, 0.1) is 13.8 Å². The first-order valence-corrected chi connectivity index (χ1v) is 11.3. The van der Waals surface area contributed by atoms with E-state index >= 15 is 0 Å². The van der Waals surface area contributed by atoms with Crippen molar-refractivity contribution < 1.29 is 9.69 Å². The van der Waals surface area contributed by atoms with Crippen molar-refractivity contribution in [3.8, 4) is 0 Å². The number of carbonyl (C=O) groups excluding carboxylic acids is 1. The van der Waals surface area contributed by atoms with E-state index in [1.165, 1.54) is 11.3 Å². The summed E-state index contributed by atoms with van der Waals surface area (Å²) in [6, 6.07) is 16.6. The molecule has 0 atom stereocenters. The lowest BCUT2D eigenvalue weighted by Crippen LogP contribution is -3.13. The summed E-state index contributed by atoms with van der Waals surface area (Å²) in [6.45, 7) is 11.0. The number of benzene rings is 2. The van der Waals surface area contributed by atoms with Gasteiger partial charge in [-0.3, -0.25) is 9.69 Å². The second-order valence-electron chi connectivity index (χ2n) is 8.02. The number of nitrogens with zero attached hydrogens (tertiary/aromatic N) is 3. The molecule has 6 heteroatoms. The predicted molar refractivity (Wildman–Crippen MR) is 124 cm³/mol. The number of hydrogen-bond acceptors (Lipinski definition) is 4. The lowest BCUT2D eigenvalue weighted by Gasteiger charge is -2.34. The first-order valence-electron chi connectivity index (χ1n) is 10.5. The van der Waals surface area contributed by atoms with E-state index in [-0.39, 0.29) is 5.91 Å². The van der Waals surface area contributed by atoms with Gasteiger partial charge >= 0.3 is 0 Å². The SMILES string of the molecule is CC(=O)N(c1cccc(C)c1)c1nc(C[NH+]2CCN(c3ccccc3C)CC2)cs1. The molecule has 1 N–H and O–H groups in total. The number of piperazine rings is 1. The molecule has 0 unspecified atom stereocenters. The van der Waals surface area contributed by atoms with E-state index < -0.39 is 0 Å². The van der Waals surface area contributed by atoms with Crippen LogP contribution in [0.3, 0.4) is 0 Å². The molecule has 1 aliphatic heterocycles. The molecule has 0 spiro atoms. The van der Waals surface area contributed by atoms with Crippen molar-refractivity contribution in [3.05, 3.63) is 70.7 Å². The third kappa shape index (κ3) is 4.55. The van der Waals surface area contributed by atoms with E-state index in [0.29, 0.717) is 0 Å². The maximum atomic E-state index is 12.3. The molecule has 1 fully saturated rings. The zero-order valence-electron chi connectivity index (χ0n) is 17.9. The van der Waals surface area contributed by atoms with Gasteiger partial charge in [-0.15, -0.1) is 11.3 Å². The summed E-state index contributed by atoms with van der Waals surface area (Å²) < 4.78 is 0. The van der Waals surface area contributed by atoms with E-state index in [4.69, 9.17) is 4.98 Å². The molecule has 2 aromatic carbocycles. The van der Waals surface area contributed by atoms with E-state index in [9.17, 15) is 4.79 Å². The number of aryl methyl sites for hydroxylation is 2. The van der Waals surface area contributed by atoms with Crippen LogP contribution in [0.4, 0.5) is 16.5 Å². The topological polar surface area (TPSA) is 40.9 Å². The van der Waals surface area contributed by atoms with Gasteiger partial charge in [-0.2, -0.15) is 0 Å². The molecule has 1 saturated heterocycles. The normalized spacial score (nSPS) is 14.7. The van der Waals surface area contributed by atoms with Gasteiger partial charge in [-0.1, -0.05) is 30.3 Å². The molecule has 0 bridgehead atoms. The second kappa shape index (κ2) is 8.98. The molecule has 0 saturated carbocycles. The average Bonchev–Trinajstić information content (AvgIpc) is 3.17. The van der Waals surface area contributed by atoms with Gasteiger partial charge in [0.2, 0.25) is 5.91 Å². The van der Waals surface area contributed by atoms with Crippen LogP contribution >= 0.6 is 11.3 Å². The fraction of sp³-hybridized carbons (Fsp3) is 0.333. The molecule has 156 valence electrons. The molecule has 30 heavy (non-hydrogen) atoms. The molecule has 3 aromatic rings. The summed E-state index contributed by atoms with van der Waals surface area (Å²) in [4.78, 5) is 22.9. The summed E-state index contributed by atoms with van der Waals surface area (Å²) in [5, 5.41) is 2.85. The molecule has 1 aliphatic rings. The molecule has 1 aromatic heterocycles. The van der Waals surface area contributed by atoms with Crippen molar-refractivity contribution in [2.24, 2.45) is 0 Å². The standard InChI is InChI=1S/C24H28N4OS/c1-18-7-6-9-22(15-18)28(20(3)29)24-25-21(17-30-24)16-26-11-13-27(14-12-26)23-10-5-4-8-19(23)2/h4-10,15,17H,11-14,16H2,1-3H3/p+1. The lowest BCUT2D eigenvalue weighted by molar-refractivity contribution is -0.914. The maximum absolute atomic E-state index is 12.3. The van der Waals surface area contributed by atoms with Crippen molar-refractivity contribution in [3.63, 3.8) is 0 Å². The lowest BCUT2D eigenvalue weighted by atomic mass is 10.1. The van der Waals surface area contributed by atoms with Gasteiger partial charge in [-0.05, 0) is 43.2 Å². The zero-order valence-corrected chi connectivity index (χ0v) is 18.7. The van der Waals surface area contributed by atoms with Crippen LogP contribution in [0.15, 0.2) is 53.9 Å². The molecular weight excluding hydrogens is 392 g/mol. The van der Waals surface area contributed by atoms with Crippen LogP contribution in [-0.4, -0.2) is 37.1 Å². The number of amides is 1. The van der Waals surface area contributed by atoms with Crippen LogP contribution in [0.1, 0.15) is 23.7 Å². The Hall–Kier alpha value is -2.70. The number of hydrogen-bond donors (Lipinski definition) is 1. The number of para-hydroxylation sites is 1. The molecule has 5 nitrogen and oxygen atoms in total. The van der Waals surface area contributed by atoms with Crippen molar-refractivity contribution >= 4 is 33.8 Å². The fourth-order valence-corrected chi connectivity index (χ4v) is 4.98. The van der Waals surface area contributed by atoms with Gasteiger partial charge < -0.3 is 9.80 Å².